The number of carbonyl (C=O) groups is 2. The average Bonchev–Trinajstić information content (AvgIpc) is 3.10. The Balaban J connectivity index is 1.40. The van der Waals surface area contributed by atoms with Gasteiger partial charge in [0.25, 0.3) is 15.9 Å². The summed E-state index contributed by atoms with van der Waals surface area (Å²) in [5, 5.41) is 2.85. The maximum absolute atomic E-state index is 12.7. The average molecular weight is 447 g/mol. The number of hydrogen-bond acceptors (Lipinski definition) is 5. The summed E-state index contributed by atoms with van der Waals surface area (Å²) >= 11 is 0. The molecule has 8 nitrogen and oxygen atoms in total. The smallest absolute Gasteiger partial charge is 0.286 e. The molecule has 1 N–H and O–H groups in total. The molecule has 0 saturated carbocycles. The Kier molecular flexibility index (Phi) is 6.60. The number of nitrogens with one attached hydrogen (secondary N) is 1. The van der Waals surface area contributed by atoms with Crippen LogP contribution in [-0.4, -0.2) is 57.1 Å². The van der Waals surface area contributed by atoms with Crippen LogP contribution in [0.2, 0.25) is 0 Å². The third kappa shape index (κ3) is 4.92. The molecule has 0 aromatic heterocycles. The van der Waals surface area contributed by atoms with Crippen molar-refractivity contribution in [3.8, 4) is 0 Å². The number of benzene rings is 1. The van der Waals surface area contributed by atoms with E-state index in [1.807, 2.05) is 9.80 Å². The Bertz CT molecular complexity index is 989. The number of nitrogens with zero attached hydrogens (tertiary/aromatic N) is 3. The van der Waals surface area contributed by atoms with E-state index in [0.717, 1.165) is 51.6 Å². The summed E-state index contributed by atoms with van der Waals surface area (Å²) in [6.07, 6.45) is 7.97. The Labute approximate surface area is 183 Å². The van der Waals surface area contributed by atoms with Gasteiger partial charge in [-0.25, -0.2) is 0 Å². The maximum Gasteiger partial charge on any atom is 0.286 e. The largest absolute Gasteiger partial charge is 0.352 e. The number of amides is 2. The highest BCUT2D eigenvalue weighted by molar-refractivity contribution is 7.90. The fraction of sp³-hybridized carbons (Fsp3) is 0.591. The van der Waals surface area contributed by atoms with Crippen LogP contribution < -0.4 is 10.2 Å². The minimum atomic E-state index is -3.81. The quantitative estimate of drug-likeness (QED) is 0.701. The van der Waals surface area contributed by atoms with Crippen molar-refractivity contribution in [2.45, 2.75) is 62.7 Å². The van der Waals surface area contributed by atoms with Gasteiger partial charge in [-0.15, -0.1) is 4.40 Å². The highest BCUT2D eigenvalue weighted by Crippen LogP contribution is 2.34. The summed E-state index contributed by atoms with van der Waals surface area (Å²) in [4.78, 5) is 28.6. The highest BCUT2D eigenvalue weighted by atomic mass is 32.2. The molecule has 168 valence electrons. The van der Waals surface area contributed by atoms with Gasteiger partial charge in [0, 0.05) is 44.6 Å². The number of likely N-dealkylation sites (tertiary alicyclic amines) is 1. The van der Waals surface area contributed by atoms with E-state index in [2.05, 4.69) is 9.71 Å². The molecule has 3 aliphatic rings. The van der Waals surface area contributed by atoms with Gasteiger partial charge in [-0.3, -0.25) is 9.59 Å². The van der Waals surface area contributed by atoms with Gasteiger partial charge < -0.3 is 15.1 Å². The predicted octanol–water partition coefficient (Wildman–Crippen LogP) is 2.69. The van der Waals surface area contributed by atoms with Gasteiger partial charge in [0.15, 0.2) is 0 Å². The third-order valence-electron chi connectivity index (χ3n) is 6.17. The molecule has 2 saturated heterocycles. The molecule has 0 atom stereocenters. The van der Waals surface area contributed by atoms with Gasteiger partial charge in [0.1, 0.15) is 10.7 Å². The molecule has 9 heteroatoms. The lowest BCUT2D eigenvalue weighted by molar-refractivity contribution is -0.130. The van der Waals surface area contributed by atoms with E-state index < -0.39 is 10.0 Å². The first-order chi connectivity index (χ1) is 15.0. The number of rotatable bonds is 5. The zero-order valence-corrected chi connectivity index (χ0v) is 18.6. The van der Waals surface area contributed by atoms with Gasteiger partial charge in [-0.1, -0.05) is 12.8 Å². The van der Waals surface area contributed by atoms with E-state index in [0.29, 0.717) is 49.4 Å². The molecule has 0 bridgehead atoms. The minimum Gasteiger partial charge on any atom is -0.352 e. The van der Waals surface area contributed by atoms with Crippen molar-refractivity contribution in [2.24, 2.45) is 4.40 Å². The molecular weight excluding hydrogens is 416 g/mol. The minimum absolute atomic E-state index is 0.0981. The van der Waals surface area contributed by atoms with E-state index in [-0.39, 0.29) is 16.7 Å². The molecule has 31 heavy (non-hydrogen) atoms. The molecule has 3 aliphatic heterocycles. The number of fused-ring (bicyclic) bond motifs is 3. The molecule has 1 aromatic carbocycles. The first-order valence-electron chi connectivity index (χ1n) is 11.3. The number of anilines is 1. The van der Waals surface area contributed by atoms with Gasteiger partial charge in [0.2, 0.25) is 5.91 Å². The summed E-state index contributed by atoms with van der Waals surface area (Å²) in [6, 6.07) is 4.83. The van der Waals surface area contributed by atoms with Crippen molar-refractivity contribution in [1.29, 1.82) is 0 Å². The molecule has 0 aliphatic carbocycles. The van der Waals surface area contributed by atoms with Gasteiger partial charge in [0.05, 0.1) is 5.69 Å². The van der Waals surface area contributed by atoms with Crippen LogP contribution in [0.5, 0.6) is 0 Å². The lowest BCUT2D eigenvalue weighted by Crippen LogP contribution is -2.36. The van der Waals surface area contributed by atoms with Crippen molar-refractivity contribution in [2.75, 3.05) is 31.1 Å². The van der Waals surface area contributed by atoms with E-state index in [1.165, 1.54) is 6.07 Å². The third-order valence-corrected chi connectivity index (χ3v) is 7.51. The van der Waals surface area contributed by atoms with Crippen LogP contribution in [0.25, 0.3) is 0 Å². The molecule has 2 amide bonds. The predicted molar refractivity (Wildman–Crippen MR) is 119 cm³/mol. The van der Waals surface area contributed by atoms with Gasteiger partial charge >= 0.3 is 0 Å². The van der Waals surface area contributed by atoms with Crippen molar-refractivity contribution >= 4 is 33.4 Å². The fourth-order valence-electron chi connectivity index (χ4n) is 4.47. The second-order valence-electron chi connectivity index (χ2n) is 8.43. The molecule has 3 heterocycles. The first kappa shape index (κ1) is 21.8. The Morgan fingerprint density at radius 2 is 1.81 bits per heavy atom. The van der Waals surface area contributed by atoms with Crippen molar-refractivity contribution in [1.82, 2.24) is 10.2 Å². The van der Waals surface area contributed by atoms with E-state index in [1.54, 1.807) is 12.1 Å². The SMILES string of the molecule is O=C(NCCCN1CCCCCC1=O)c1ccc2c(c1)S(=O)(=O)N=C1CCCCCN12. The van der Waals surface area contributed by atoms with Gasteiger partial charge in [-0.05, 0) is 50.3 Å². The molecule has 4 rings (SSSR count). The van der Waals surface area contributed by atoms with Crippen LogP contribution in [0.3, 0.4) is 0 Å². The second-order valence-corrected chi connectivity index (χ2v) is 10.0. The molecule has 2 fully saturated rings. The van der Waals surface area contributed by atoms with Crippen molar-refractivity contribution < 1.29 is 18.0 Å². The summed E-state index contributed by atoms with van der Waals surface area (Å²) in [7, 11) is -3.81. The monoisotopic (exact) mass is 446 g/mol. The highest BCUT2D eigenvalue weighted by Gasteiger charge is 2.32. The fourth-order valence-corrected chi connectivity index (χ4v) is 5.75. The van der Waals surface area contributed by atoms with Crippen molar-refractivity contribution in [3.05, 3.63) is 23.8 Å². The van der Waals surface area contributed by atoms with E-state index in [9.17, 15) is 18.0 Å². The van der Waals surface area contributed by atoms with Gasteiger partial charge in [-0.2, -0.15) is 8.42 Å². The number of carbonyl (C=O) groups excluding carboxylic acids is 2. The number of sulfonamides is 1. The van der Waals surface area contributed by atoms with E-state index >= 15 is 0 Å². The summed E-state index contributed by atoms with van der Waals surface area (Å²) in [5.74, 6) is 0.480. The van der Waals surface area contributed by atoms with Crippen LogP contribution in [0.4, 0.5) is 5.69 Å². The normalized spacial score (nSPS) is 20.8. The van der Waals surface area contributed by atoms with Crippen LogP contribution >= 0.6 is 0 Å². The lowest BCUT2D eigenvalue weighted by atomic mass is 10.1. The van der Waals surface area contributed by atoms with Crippen molar-refractivity contribution in [3.63, 3.8) is 0 Å². The Morgan fingerprint density at radius 1 is 1.03 bits per heavy atom. The maximum atomic E-state index is 12.7. The Morgan fingerprint density at radius 3 is 2.65 bits per heavy atom. The zero-order chi connectivity index (χ0) is 21.8. The molecule has 0 spiro atoms. The molecular formula is C22H30N4O4S. The van der Waals surface area contributed by atoms with Crippen LogP contribution in [0, 0.1) is 0 Å². The first-order valence-corrected chi connectivity index (χ1v) is 12.7. The topological polar surface area (TPSA) is 99.2 Å². The zero-order valence-electron chi connectivity index (χ0n) is 17.8. The molecule has 0 radical (unpaired) electrons. The van der Waals surface area contributed by atoms with Crippen LogP contribution in [0.15, 0.2) is 27.5 Å². The summed E-state index contributed by atoms with van der Waals surface area (Å²) in [6.45, 7) is 2.58. The van der Waals surface area contributed by atoms with Crippen LogP contribution in [0.1, 0.15) is 68.1 Å². The van der Waals surface area contributed by atoms with Crippen LogP contribution in [-0.2, 0) is 14.8 Å². The number of hydrogen-bond donors (Lipinski definition) is 1. The molecule has 0 unspecified atom stereocenters. The summed E-state index contributed by atoms with van der Waals surface area (Å²) in [5.41, 5.74) is 0.921. The standard InChI is InChI=1S/C22H30N4O4S/c27-21-9-4-2-5-13-25(21)14-7-12-23-22(28)17-10-11-18-19(16-17)31(29,30)24-20-8-3-1-6-15-26(18)20/h10-11,16H,1-9,12-15H2,(H,23,28). The van der Waals surface area contributed by atoms with E-state index in [4.69, 9.17) is 0 Å². The number of amidine groups is 1. The molecule has 1 aromatic rings. The summed E-state index contributed by atoms with van der Waals surface area (Å²) < 4.78 is 29.5. The lowest BCUT2D eigenvalue weighted by Gasteiger charge is -2.29. The Hall–Kier alpha value is -2.42. The second kappa shape index (κ2) is 9.38.